The molecule has 0 aliphatic heterocycles. The molecule has 5 aromatic rings. The van der Waals surface area contributed by atoms with Crippen LogP contribution in [-0.2, 0) is 13.2 Å². The average Bonchev–Trinajstić information content (AvgIpc) is 3.55. The van der Waals surface area contributed by atoms with Crippen LogP contribution in [0.4, 0.5) is 0 Å². The molecule has 0 aliphatic rings. The molecule has 0 fully saturated rings. The second kappa shape index (κ2) is 14.6. The fourth-order valence-corrected chi connectivity index (χ4v) is 3.87. The van der Waals surface area contributed by atoms with E-state index >= 15 is 0 Å². The Morgan fingerprint density at radius 2 is 1.02 bits per heavy atom. The first-order chi connectivity index (χ1) is 21.1. The van der Waals surface area contributed by atoms with Crippen molar-refractivity contribution in [3.05, 3.63) is 155 Å². The molecule has 0 saturated heterocycles. The SMILES string of the molecule is O=C(N/N=C\c1cccc(OCc2ccccc2)c1)c1ccc(C(=O)N/N=C/c2cccc(OCc3ccccc3)c2)o1. The monoisotopic (exact) mass is 572 g/mol. The van der Waals surface area contributed by atoms with Crippen molar-refractivity contribution in [2.75, 3.05) is 0 Å². The summed E-state index contributed by atoms with van der Waals surface area (Å²) in [5.41, 5.74) is 8.36. The van der Waals surface area contributed by atoms with Gasteiger partial charge in [0.25, 0.3) is 0 Å². The Morgan fingerprint density at radius 3 is 1.47 bits per heavy atom. The van der Waals surface area contributed by atoms with Gasteiger partial charge in [0.15, 0.2) is 11.5 Å². The number of carbonyl (C=O) groups excluding carboxylic acids is 2. The Kier molecular flexibility index (Phi) is 9.70. The number of nitrogens with zero attached hydrogens (tertiary/aromatic N) is 2. The van der Waals surface area contributed by atoms with E-state index < -0.39 is 11.8 Å². The summed E-state index contributed by atoms with van der Waals surface area (Å²) in [7, 11) is 0. The highest BCUT2D eigenvalue weighted by molar-refractivity contribution is 5.96. The van der Waals surface area contributed by atoms with E-state index in [9.17, 15) is 9.59 Å². The van der Waals surface area contributed by atoms with Crippen molar-refractivity contribution < 1.29 is 23.5 Å². The van der Waals surface area contributed by atoms with Crippen LogP contribution in [0.2, 0.25) is 0 Å². The van der Waals surface area contributed by atoms with Gasteiger partial charge in [-0.3, -0.25) is 9.59 Å². The molecular formula is C34H28N4O5. The third-order valence-corrected chi connectivity index (χ3v) is 6.03. The van der Waals surface area contributed by atoms with Crippen LogP contribution in [0, 0.1) is 0 Å². The zero-order chi connectivity index (χ0) is 29.7. The Bertz CT molecular complexity index is 1590. The predicted molar refractivity (Wildman–Crippen MR) is 163 cm³/mol. The molecule has 0 saturated carbocycles. The van der Waals surface area contributed by atoms with E-state index in [1.54, 1.807) is 0 Å². The van der Waals surface area contributed by atoms with E-state index in [1.165, 1.54) is 24.6 Å². The maximum absolute atomic E-state index is 12.5. The van der Waals surface area contributed by atoms with Gasteiger partial charge in [-0.2, -0.15) is 10.2 Å². The number of ether oxygens (including phenoxy) is 2. The van der Waals surface area contributed by atoms with Crippen molar-refractivity contribution in [2.45, 2.75) is 13.2 Å². The highest BCUT2D eigenvalue weighted by Crippen LogP contribution is 2.16. The van der Waals surface area contributed by atoms with Crippen LogP contribution in [-0.4, -0.2) is 24.2 Å². The normalized spacial score (nSPS) is 11.0. The van der Waals surface area contributed by atoms with Crippen LogP contribution in [0.3, 0.4) is 0 Å². The van der Waals surface area contributed by atoms with Crippen molar-refractivity contribution in [2.24, 2.45) is 10.2 Å². The zero-order valence-electron chi connectivity index (χ0n) is 23.1. The summed E-state index contributed by atoms with van der Waals surface area (Å²) in [4.78, 5) is 24.9. The fourth-order valence-electron chi connectivity index (χ4n) is 3.87. The first-order valence-corrected chi connectivity index (χ1v) is 13.4. The highest BCUT2D eigenvalue weighted by Gasteiger charge is 2.15. The van der Waals surface area contributed by atoms with Crippen LogP contribution >= 0.6 is 0 Å². The molecule has 9 heteroatoms. The Labute approximate surface area is 248 Å². The maximum atomic E-state index is 12.5. The minimum Gasteiger partial charge on any atom is -0.489 e. The lowest BCUT2D eigenvalue weighted by atomic mass is 10.2. The number of furan rings is 1. The molecule has 2 N–H and O–H groups in total. The summed E-state index contributed by atoms with van der Waals surface area (Å²) >= 11 is 0. The van der Waals surface area contributed by atoms with Gasteiger partial charge in [0.05, 0.1) is 12.4 Å². The molecular weight excluding hydrogens is 544 g/mol. The molecule has 4 aromatic carbocycles. The Hall–Kier alpha value is -5.96. The minimum atomic E-state index is -0.609. The molecule has 0 aliphatic carbocycles. The lowest BCUT2D eigenvalue weighted by Crippen LogP contribution is -2.18. The van der Waals surface area contributed by atoms with Gasteiger partial charge in [-0.1, -0.05) is 84.9 Å². The van der Waals surface area contributed by atoms with Crippen molar-refractivity contribution >= 4 is 24.2 Å². The number of nitrogens with one attached hydrogen (secondary N) is 2. The van der Waals surface area contributed by atoms with Gasteiger partial charge < -0.3 is 13.9 Å². The number of hydrazone groups is 2. The third kappa shape index (κ3) is 8.76. The van der Waals surface area contributed by atoms with Crippen LogP contribution in [0.15, 0.2) is 136 Å². The number of rotatable bonds is 12. The number of benzene rings is 4. The number of hydrogen-bond donors (Lipinski definition) is 2. The molecule has 214 valence electrons. The molecule has 2 amide bonds. The van der Waals surface area contributed by atoms with Crippen molar-refractivity contribution in [3.63, 3.8) is 0 Å². The first kappa shape index (κ1) is 28.6. The standard InChI is InChI=1S/C34H28N4O5/c39-33(37-35-21-27-13-7-15-29(19-27)41-23-25-9-3-1-4-10-25)31-17-18-32(43-31)34(40)38-36-22-28-14-8-16-30(20-28)42-24-26-11-5-2-6-12-26/h1-22H,23-24H2,(H,37,39)(H,38,40)/b35-21-,36-22+. The van der Waals surface area contributed by atoms with E-state index in [-0.39, 0.29) is 11.5 Å². The quantitative estimate of drug-likeness (QED) is 0.141. The lowest BCUT2D eigenvalue weighted by Gasteiger charge is -2.06. The van der Waals surface area contributed by atoms with Crippen LogP contribution < -0.4 is 20.3 Å². The molecule has 5 rings (SSSR count). The molecule has 0 bridgehead atoms. The van der Waals surface area contributed by atoms with E-state index in [1.807, 2.05) is 109 Å². The fraction of sp³-hybridized carbons (Fsp3) is 0.0588. The molecule has 0 atom stereocenters. The second-order valence-corrected chi connectivity index (χ2v) is 9.26. The van der Waals surface area contributed by atoms with E-state index in [0.717, 1.165) is 22.3 Å². The van der Waals surface area contributed by atoms with Gasteiger partial charge in [-0.05, 0) is 58.7 Å². The van der Waals surface area contributed by atoms with Gasteiger partial charge in [-0.25, -0.2) is 10.9 Å². The third-order valence-electron chi connectivity index (χ3n) is 6.03. The van der Waals surface area contributed by atoms with E-state index in [2.05, 4.69) is 21.1 Å². The van der Waals surface area contributed by atoms with Gasteiger partial charge in [0.2, 0.25) is 0 Å². The largest absolute Gasteiger partial charge is 0.489 e. The first-order valence-electron chi connectivity index (χ1n) is 13.4. The summed E-state index contributed by atoms with van der Waals surface area (Å²) in [5, 5.41) is 7.96. The van der Waals surface area contributed by atoms with Gasteiger partial charge in [0, 0.05) is 0 Å². The minimum absolute atomic E-state index is 0.0745. The van der Waals surface area contributed by atoms with Crippen molar-refractivity contribution in [1.82, 2.24) is 10.9 Å². The summed E-state index contributed by atoms with van der Waals surface area (Å²) in [6.07, 6.45) is 2.97. The van der Waals surface area contributed by atoms with E-state index in [0.29, 0.717) is 24.7 Å². The van der Waals surface area contributed by atoms with Crippen LogP contribution in [0.25, 0.3) is 0 Å². The molecule has 9 nitrogen and oxygen atoms in total. The number of carbonyl (C=O) groups is 2. The molecule has 1 aromatic heterocycles. The maximum Gasteiger partial charge on any atom is 0.307 e. The number of amides is 2. The van der Waals surface area contributed by atoms with Crippen molar-refractivity contribution in [3.8, 4) is 11.5 Å². The summed E-state index contributed by atoms with van der Waals surface area (Å²) < 4.78 is 17.0. The predicted octanol–water partition coefficient (Wildman–Crippen LogP) is 5.97. The molecule has 0 spiro atoms. The van der Waals surface area contributed by atoms with Crippen LogP contribution in [0.1, 0.15) is 43.4 Å². The molecule has 1 heterocycles. The highest BCUT2D eigenvalue weighted by atomic mass is 16.5. The Morgan fingerprint density at radius 1 is 0.581 bits per heavy atom. The van der Waals surface area contributed by atoms with Crippen LogP contribution in [0.5, 0.6) is 11.5 Å². The Balaban J connectivity index is 1.08. The van der Waals surface area contributed by atoms with Crippen molar-refractivity contribution in [1.29, 1.82) is 0 Å². The summed E-state index contributed by atoms with van der Waals surface area (Å²) in [5.74, 6) is -0.0191. The zero-order valence-corrected chi connectivity index (χ0v) is 23.1. The molecule has 0 unspecified atom stereocenters. The smallest absolute Gasteiger partial charge is 0.307 e. The van der Waals surface area contributed by atoms with E-state index in [4.69, 9.17) is 13.9 Å². The summed E-state index contributed by atoms with van der Waals surface area (Å²) in [6, 6.07) is 37.1. The van der Waals surface area contributed by atoms with Gasteiger partial charge in [0.1, 0.15) is 24.7 Å². The van der Waals surface area contributed by atoms with Gasteiger partial charge in [-0.15, -0.1) is 0 Å². The lowest BCUT2D eigenvalue weighted by molar-refractivity contribution is 0.0902. The van der Waals surface area contributed by atoms with Gasteiger partial charge >= 0.3 is 11.8 Å². The molecule has 43 heavy (non-hydrogen) atoms. The summed E-state index contributed by atoms with van der Waals surface area (Å²) in [6.45, 7) is 0.879. The second-order valence-electron chi connectivity index (χ2n) is 9.26. The average molecular weight is 573 g/mol. The molecule has 0 radical (unpaired) electrons. The topological polar surface area (TPSA) is 115 Å². The number of hydrogen-bond acceptors (Lipinski definition) is 7.